The third kappa shape index (κ3) is 3.85. The molecule has 0 spiro atoms. The van der Waals surface area contributed by atoms with Gasteiger partial charge in [0.25, 0.3) is 0 Å². The van der Waals surface area contributed by atoms with Gasteiger partial charge in [0.1, 0.15) is 5.82 Å². The largest absolute Gasteiger partial charge is 0.361 e. The molecule has 0 saturated heterocycles. The maximum atomic E-state index is 14.6. The monoisotopic (exact) mass is 464 g/mol. The Hall–Kier alpha value is -3.36. The molecule has 5 aromatic rings. The van der Waals surface area contributed by atoms with E-state index in [1.54, 1.807) is 6.20 Å². The molecule has 0 aliphatic carbocycles. The van der Waals surface area contributed by atoms with Gasteiger partial charge in [-0.3, -0.25) is 0 Å². The fourth-order valence-corrected chi connectivity index (χ4v) is 5.23. The highest BCUT2D eigenvalue weighted by atomic mass is 32.2. The molecule has 6 nitrogen and oxygen atoms in total. The number of aromatic amines is 3. The first kappa shape index (κ1) is 21.5. The van der Waals surface area contributed by atoms with E-state index in [0.29, 0.717) is 5.52 Å². The van der Waals surface area contributed by atoms with E-state index < -0.39 is 10.0 Å². The lowest BCUT2D eigenvalue weighted by Gasteiger charge is -2.14. The second-order valence-corrected chi connectivity index (χ2v) is 10.4. The predicted octanol–water partition coefficient (Wildman–Crippen LogP) is 5.40. The van der Waals surface area contributed by atoms with Crippen LogP contribution in [0.25, 0.3) is 44.2 Å². The molecule has 170 valence electrons. The summed E-state index contributed by atoms with van der Waals surface area (Å²) in [6, 6.07) is 12.9. The normalized spacial score (nSPS) is 12.4. The van der Waals surface area contributed by atoms with Crippen molar-refractivity contribution in [3.8, 4) is 22.4 Å². The van der Waals surface area contributed by atoms with E-state index in [1.165, 1.54) is 12.1 Å². The van der Waals surface area contributed by atoms with Crippen molar-refractivity contribution in [1.82, 2.24) is 15.0 Å². The van der Waals surface area contributed by atoms with Crippen molar-refractivity contribution in [3.05, 3.63) is 71.9 Å². The molecular formula is C25H25FN4O2S. The minimum Gasteiger partial charge on any atom is -0.361 e. The second kappa shape index (κ2) is 7.90. The number of nitrogens with two attached hydrogens (primary N) is 1. The fraction of sp³-hybridized carbons (Fsp3) is 0.200. The van der Waals surface area contributed by atoms with Crippen molar-refractivity contribution >= 4 is 31.8 Å². The molecule has 5 N–H and O–H groups in total. The van der Waals surface area contributed by atoms with Crippen LogP contribution in [0.5, 0.6) is 0 Å². The smallest absolute Gasteiger partial charge is 0.209 e. The van der Waals surface area contributed by atoms with Crippen molar-refractivity contribution in [2.75, 3.05) is 5.75 Å². The highest BCUT2D eigenvalue weighted by Gasteiger charge is 2.25. The van der Waals surface area contributed by atoms with Crippen LogP contribution in [0.1, 0.15) is 31.0 Å². The summed E-state index contributed by atoms with van der Waals surface area (Å²) in [5, 5.41) is 7.27. The molecule has 0 radical (unpaired) electrons. The van der Waals surface area contributed by atoms with Gasteiger partial charge in [-0.2, -0.15) is 0 Å². The topological polar surface area (TPSA) is 108 Å². The summed E-state index contributed by atoms with van der Waals surface area (Å²) < 4.78 is 38.2. The van der Waals surface area contributed by atoms with Crippen molar-refractivity contribution < 1.29 is 12.8 Å². The first-order chi connectivity index (χ1) is 15.7. The molecule has 0 aliphatic rings. The molecule has 0 fully saturated rings. The molecule has 3 aromatic heterocycles. The lowest BCUT2D eigenvalue weighted by molar-refractivity contribution is 0.597. The average molecular weight is 465 g/mol. The number of rotatable bonds is 6. The van der Waals surface area contributed by atoms with Gasteiger partial charge in [0, 0.05) is 57.4 Å². The van der Waals surface area contributed by atoms with Crippen molar-refractivity contribution in [2.45, 2.75) is 26.2 Å². The Morgan fingerprint density at radius 2 is 1.67 bits per heavy atom. The summed E-state index contributed by atoms with van der Waals surface area (Å²) in [5.74, 6) is -0.450. The highest BCUT2D eigenvalue weighted by molar-refractivity contribution is 7.89. The minimum absolute atomic E-state index is 0.0842. The molecule has 5 rings (SSSR count). The van der Waals surface area contributed by atoms with Gasteiger partial charge in [-0.05, 0) is 47.4 Å². The summed E-state index contributed by atoms with van der Waals surface area (Å²) in [6.45, 7) is 4.18. The van der Waals surface area contributed by atoms with Crippen LogP contribution in [0.15, 0.2) is 54.9 Å². The van der Waals surface area contributed by atoms with Gasteiger partial charge >= 0.3 is 0 Å². The molecule has 0 unspecified atom stereocenters. The quantitative estimate of drug-likeness (QED) is 0.270. The van der Waals surface area contributed by atoms with Gasteiger partial charge in [0.05, 0.1) is 11.4 Å². The van der Waals surface area contributed by atoms with Gasteiger partial charge in [0.15, 0.2) is 0 Å². The van der Waals surface area contributed by atoms with Gasteiger partial charge in [-0.1, -0.05) is 26.0 Å². The third-order valence-electron chi connectivity index (χ3n) is 6.10. The van der Waals surface area contributed by atoms with Crippen LogP contribution >= 0.6 is 0 Å². The maximum Gasteiger partial charge on any atom is 0.209 e. The Morgan fingerprint density at radius 1 is 0.970 bits per heavy atom. The molecule has 0 amide bonds. The Bertz CT molecular complexity index is 1590. The van der Waals surface area contributed by atoms with Gasteiger partial charge in [0.2, 0.25) is 10.0 Å². The van der Waals surface area contributed by atoms with E-state index in [0.717, 1.165) is 49.9 Å². The van der Waals surface area contributed by atoms with E-state index in [2.05, 4.69) is 28.8 Å². The van der Waals surface area contributed by atoms with E-state index in [9.17, 15) is 12.8 Å². The van der Waals surface area contributed by atoms with Gasteiger partial charge in [-0.25, -0.2) is 17.9 Å². The van der Waals surface area contributed by atoms with Crippen LogP contribution in [0.3, 0.4) is 0 Å². The van der Waals surface area contributed by atoms with Crippen LogP contribution < -0.4 is 5.14 Å². The number of hydrogen-bond acceptors (Lipinski definition) is 2. The molecule has 33 heavy (non-hydrogen) atoms. The molecule has 8 heteroatoms. The van der Waals surface area contributed by atoms with Crippen LogP contribution in [-0.2, 0) is 16.4 Å². The highest BCUT2D eigenvalue weighted by Crippen LogP contribution is 2.44. The van der Waals surface area contributed by atoms with Crippen LogP contribution in [0, 0.1) is 5.82 Å². The number of nitrogens with one attached hydrogen (secondary N) is 3. The number of aryl methyl sites for hydroxylation is 1. The summed E-state index contributed by atoms with van der Waals surface area (Å²) in [7, 11) is -3.67. The number of primary sulfonamides is 1. The zero-order valence-electron chi connectivity index (χ0n) is 18.4. The minimum atomic E-state index is -3.67. The second-order valence-electron chi connectivity index (χ2n) is 8.68. The van der Waals surface area contributed by atoms with E-state index in [-0.39, 0.29) is 23.9 Å². The summed E-state index contributed by atoms with van der Waals surface area (Å²) in [5.41, 5.74) is 6.94. The SMILES string of the molecule is CC(C)c1c(-c2cc(F)cc3[nH]ccc23)[nH]c(CCS(N)(=O)=O)c1-c1cccc2[nH]ccc12. The Kier molecular flexibility index (Phi) is 5.14. The fourth-order valence-electron chi connectivity index (χ4n) is 4.74. The number of benzene rings is 2. The van der Waals surface area contributed by atoms with Crippen molar-refractivity contribution in [3.63, 3.8) is 0 Å². The average Bonchev–Trinajstić information content (AvgIpc) is 3.48. The number of aromatic nitrogens is 3. The van der Waals surface area contributed by atoms with E-state index in [4.69, 9.17) is 5.14 Å². The summed E-state index contributed by atoms with van der Waals surface area (Å²) >= 11 is 0. The van der Waals surface area contributed by atoms with Crippen molar-refractivity contribution in [1.29, 1.82) is 0 Å². The molecule has 3 heterocycles. The Labute approximate surface area is 191 Å². The third-order valence-corrected chi connectivity index (χ3v) is 6.87. The number of halogens is 1. The van der Waals surface area contributed by atoms with Gasteiger partial charge < -0.3 is 15.0 Å². The number of H-pyrrole nitrogens is 3. The van der Waals surface area contributed by atoms with Crippen LogP contribution in [-0.4, -0.2) is 29.1 Å². The Morgan fingerprint density at radius 3 is 2.36 bits per heavy atom. The summed E-state index contributed by atoms with van der Waals surface area (Å²) in [4.78, 5) is 9.80. The Balaban J connectivity index is 1.84. The molecule has 0 saturated carbocycles. The molecule has 0 bridgehead atoms. The molecule has 2 aromatic carbocycles. The van der Waals surface area contributed by atoms with Crippen LogP contribution in [0.2, 0.25) is 0 Å². The molecular weight excluding hydrogens is 439 g/mol. The van der Waals surface area contributed by atoms with E-state index in [1.807, 2.05) is 36.5 Å². The number of sulfonamides is 1. The zero-order valence-corrected chi connectivity index (χ0v) is 19.2. The predicted molar refractivity (Wildman–Crippen MR) is 131 cm³/mol. The summed E-state index contributed by atoms with van der Waals surface area (Å²) in [6.07, 6.45) is 3.89. The van der Waals surface area contributed by atoms with E-state index >= 15 is 0 Å². The number of fused-ring (bicyclic) bond motifs is 2. The zero-order chi connectivity index (χ0) is 23.3. The standard InChI is InChI=1S/C25H25FN4O2S/c1-14(2)23-24(18-4-3-5-20-16(18)6-9-28-20)21(8-11-33(27,31)32)30-25(23)19-12-15(26)13-22-17(19)7-10-29-22/h3-7,9-10,12-14,28-30H,8,11H2,1-2H3,(H2,27,31,32). The lowest BCUT2D eigenvalue weighted by Crippen LogP contribution is -2.18. The van der Waals surface area contributed by atoms with Gasteiger partial charge in [-0.15, -0.1) is 0 Å². The molecule has 0 atom stereocenters. The maximum absolute atomic E-state index is 14.6. The van der Waals surface area contributed by atoms with Crippen molar-refractivity contribution in [2.24, 2.45) is 5.14 Å². The van der Waals surface area contributed by atoms with Crippen LogP contribution in [0.4, 0.5) is 4.39 Å². The first-order valence-corrected chi connectivity index (χ1v) is 12.5. The molecule has 0 aliphatic heterocycles. The number of hydrogen-bond donors (Lipinski definition) is 4. The first-order valence-electron chi connectivity index (χ1n) is 10.8. The lowest BCUT2D eigenvalue weighted by atomic mass is 9.88.